The molecule has 0 aliphatic heterocycles. The van der Waals surface area contributed by atoms with E-state index < -0.39 is 11.6 Å². The molecule has 3 rings (SSSR count). The molecule has 2 aromatic heterocycles. The second kappa shape index (κ2) is 4.51. The number of aromatic nitrogens is 2. The standard InChI is InChI=1S/C13H7ClF2N2S/c1-6-2-3-10(19-6)13-17-11-8(12(14)18-13)4-7(15)5-9(11)16/h2-5H,1H3. The number of thiophene rings is 1. The van der Waals surface area contributed by atoms with Crippen molar-refractivity contribution in [1.29, 1.82) is 0 Å². The highest BCUT2D eigenvalue weighted by Crippen LogP contribution is 2.30. The maximum absolute atomic E-state index is 13.7. The lowest BCUT2D eigenvalue weighted by molar-refractivity contribution is 0.590. The van der Waals surface area contributed by atoms with Crippen molar-refractivity contribution in [2.75, 3.05) is 0 Å². The van der Waals surface area contributed by atoms with Crippen molar-refractivity contribution >= 4 is 33.8 Å². The number of nitrogens with zero attached hydrogens (tertiary/aromatic N) is 2. The molecule has 6 heteroatoms. The molecular weight excluding hydrogens is 290 g/mol. The molecule has 3 aromatic rings. The van der Waals surface area contributed by atoms with Gasteiger partial charge in [0.05, 0.1) is 4.88 Å². The summed E-state index contributed by atoms with van der Waals surface area (Å²) in [5.41, 5.74) is 0.0300. The van der Waals surface area contributed by atoms with Gasteiger partial charge in [-0.1, -0.05) is 11.6 Å². The van der Waals surface area contributed by atoms with Crippen LogP contribution < -0.4 is 0 Å². The lowest BCUT2D eigenvalue weighted by atomic mass is 10.2. The van der Waals surface area contributed by atoms with Crippen LogP contribution in [-0.4, -0.2) is 9.97 Å². The maximum Gasteiger partial charge on any atom is 0.171 e. The molecule has 96 valence electrons. The zero-order chi connectivity index (χ0) is 13.6. The fraction of sp³-hybridized carbons (Fsp3) is 0.0769. The molecule has 0 N–H and O–H groups in total. The highest BCUT2D eigenvalue weighted by atomic mass is 35.5. The van der Waals surface area contributed by atoms with Gasteiger partial charge in [0, 0.05) is 16.3 Å². The fourth-order valence-corrected chi connectivity index (χ4v) is 2.81. The lowest BCUT2D eigenvalue weighted by Crippen LogP contribution is -1.94. The number of halogens is 3. The second-order valence-corrected chi connectivity index (χ2v) is 5.68. The number of fused-ring (bicyclic) bond motifs is 1. The Hall–Kier alpha value is -1.59. The van der Waals surface area contributed by atoms with E-state index in [4.69, 9.17) is 11.6 Å². The van der Waals surface area contributed by atoms with E-state index in [0.29, 0.717) is 5.82 Å². The quantitative estimate of drug-likeness (QED) is 0.613. The number of hydrogen-bond donors (Lipinski definition) is 0. The van der Waals surface area contributed by atoms with Crippen LogP contribution in [0.5, 0.6) is 0 Å². The van der Waals surface area contributed by atoms with Crippen molar-refractivity contribution < 1.29 is 8.78 Å². The first-order valence-corrected chi connectivity index (χ1v) is 6.63. The SMILES string of the molecule is Cc1ccc(-c2nc(Cl)c3cc(F)cc(F)c3n2)s1. The van der Waals surface area contributed by atoms with E-state index in [-0.39, 0.29) is 16.1 Å². The van der Waals surface area contributed by atoms with Gasteiger partial charge in [-0.15, -0.1) is 11.3 Å². The number of hydrogen-bond acceptors (Lipinski definition) is 3. The first-order chi connectivity index (χ1) is 9.04. The second-order valence-electron chi connectivity index (χ2n) is 4.03. The third-order valence-corrected chi connectivity index (χ3v) is 3.92. The van der Waals surface area contributed by atoms with Gasteiger partial charge in [0.15, 0.2) is 11.6 Å². The van der Waals surface area contributed by atoms with Crippen LogP contribution in [-0.2, 0) is 0 Å². The van der Waals surface area contributed by atoms with Gasteiger partial charge in [-0.05, 0) is 25.1 Å². The van der Waals surface area contributed by atoms with Gasteiger partial charge >= 0.3 is 0 Å². The van der Waals surface area contributed by atoms with Crippen LogP contribution in [0.15, 0.2) is 24.3 Å². The molecule has 0 amide bonds. The monoisotopic (exact) mass is 296 g/mol. The maximum atomic E-state index is 13.7. The summed E-state index contributed by atoms with van der Waals surface area (Å²) in [6.45, 7) is 1.95. The summed E-state index contributed by atoms with van der Waals surface area (Å²) in [5, 5.41) is 0.223. The average Bonchev–Trinajstić information content (AvgIpc) is 2.77. The Labute approximate surface area is 116 Å². The van der Waals surface area contributed by atoms with E-state index in [2.05, 4.69) is 9.97 Å². The number of aryl methyl sites for hydroxylation is 1. The first kappa shape index (κ1) is 12.4. The van der Waals surface area contributed by atoms with Crippen molar-refractivity contribution in [3.8, 4) is 10.7 Å². The van der Waals surface area contributed by atoms with Crippen molar-refractivity contribution in [2.24, 2.45) is 0 Å². The average molecular weight is 297 g/mol. The van der Waals surface area contributed by atoms with Crippen LogP contribution in [0.25, 0.3) is 21.6 Å². The Kier molecular flexibility index (Phi) is 2.95. The Balaban J connectivity index is 2.30. The van der Waals surface area contributed by atoms with Crippen molar-refractivity contribution in [2.45, 2.75) is 6.92 Å². The normalized spacial score (nSPS) is 11.2. The largest absolute Gasteiger partial charge is 0.224 e. The Bertz CT molecular complexity index is 786. The molecule has 0 bridgehead atoms. The summed E-state index contributed by atoms with van der Waals surface area (Å²) >= 11 is 7.47. The molecule has 0 aliphatic rings. The van der Waals surface area contributed by atoms with Gasteiger partial charge in [-0.2, -0.15) is 0 Å². The topological polar surface area (TPSA) is 25.8 Å². The molecule has 0 saturated carbocycles. The minimum atomic E-state index is -0.742. The Morgan fingerprint density at radius 3 is 2.63 bits per heavy atom. The summed E-state index contributed by atoms with van der Waals surface area (Å²) in [4.78, 5) is 10.1. The molecule has 0 unspecified atom stereocenters. The first-order valence-electron chi connectivity index (χ1n) is 5.44. The van der Waals surface area contributed by atoms with Gasteiger partial charge in [-0.25, -0.2) is 18.7 Å². The molecule has 1 aromatic carbocycles. The Morgan fingerprint density at radius 1 is 1.16 bits per heavy atom. The van der Waals surface area contributed by atoms with Crippen molar-refractivity contribution in [3.05, 3.63) is 45.9 Å². The van der Waals surface area contributed by atoms with E-state index in [0.717, 1.165) is 21.9 Å². The predicted molar refractivity (Wildman–Crippen MR) is 72.5 cm³/mol. The smallest absolute Gasteiger partial charge is 0.171 e. The summed E-state index contributed by atoms with van der Waals surface area (Å²) in [6.07, 6.45) is 0. The Morgan fingerprint density at radius 2 is 1.95 bits per heavy atom. The van der Waals surface area contributed by atoms with E-state index in [9.17, 15) is 8.78 Å². The molecule has 2 heterocycles. The molecule has 2 nitrogen and oxygen atoms in total. The van der Waals surface area contributed by atoms with Crippen LogP contribution in [0.2, 0.25) is 5.15 Å². The van der Waals surface area contributed by atoms with Gasteiger partial charge in [0.2, 0.25) is 0 Å². The number of rotatable bonds is 1. The fourth-order valence-electron chi connectivity index (χ4n) is 1.79. The van der Waals surface area contributed by atoms with Gasteiger partial charge < -0.3 is 0 Å². The van der Waals surface area contributed by atoms with Crippen LogP contribution in [0.3, 0.4) is 0 Å². The van der Waals surface area contributed by atoms with E-state index >= 15 is 0 Å². The summed E-state index contributed by atoms with van der Waals surface area (Å²) < 4.78 is 26.9. The molecule has 0 atom stereocenters. The van der Waals surface area contributed by atoms with Crippen LogP contribution in [0, 0.1) is 18.6 Å². The summed E-state index contributed by atoms with van der Waals surface area (Å²) in [5.74, 6) is -1.09. The number of benzene rings is 1. The minimum absolute atomic E-state index is 0.0300. The molecule has 0 aliphatic carbocycles. The van der Waals surface area contributed by atoms with E-state index in [1.165, 1.54) is 11.3 Å². The van der Waals surface area contributed by atoms with Crippen molar-refractivity contribution in [1.82, 2.24) is 9.97 Å². The van der Waals surface area contributed by atoms with Gasteiger partial charge in [-0.3, -0.25) is 0 Å². The van der Waals surface area contributed by atoms with Gasteiger partial charge in [0.1, 0.15) is 16.5 Å². The highest BCUT2D eigenvalue weighted by Gasteiger charge is 2.13. The van der Waals surface area contributed by atoms with Gasteiger partial charge in [0.25, 0.3) is 0 Å². The zero-order valence-corrected chi connectivity index (χ0v) is 11.3. The summed E-state index contributed by atoms with van der Waals surface area (Å²) in [6, 6.07) is 5.68. The third-order valence-electron chi connectivity index (χ3n) is 2.63. The van der Waals surface area contributed by atoms with E-state index in [1.807, 2.05) is 19.1 Å². The highest BCUT2D eigenvalue weighted by molar-refractivity contribution is 7.15. The third kappa shape index (κ3) is 2.19. The van der Waals surface area contributed by atoms with Crippen LogP contribution in [0.1, 0.15) is 4.88 Å². The molecule has 0 spiro atoms. The van der Waals surface area contributed by atoms with E-state index in [1.54, 1.807) is 0 Å². The van der Waals surface area contributed by atoms with Crippen LogP contribution >= 0.6 is 22.9 Å². The molecule has 0 radical (unpaired) electrons. The molecule has 0 fully saturated rings. The van der Waals surface area contributed by atoms with Crippen molar-refractivity contribution in [3.63, 3.8) is 0 Å². The van der Waals surface area contributed by atoms with Crippen LogP contribution in [0.4, 0.5) is 8.78 Å². The molecular formula is C13H7ClF2N2S. The summed E-state index contributed by atoms with van der Waals surface area (Å²) in [7, 11) is 0. The minimum Gasteiger partial charge on any atom is -0.224 e. The molecule has 19 heavy (non-hydrogen) atoms. The predicted octanol–water partition coefficient (Wildman–Crippen LogP) is 4.60. The zero-order valence-electron chi connectivity index (χ0n) is 9.75. The molecule has 0 saturated heterocycles. The lowest BCUT2D eigenvalue weighted by Gasteiger charge is -2.04.